The molecule has 33 heavy (non-hydrogen) atoms. The average Bonchev–Trinajstić information content (AvgIpc) is 3.50. The summed E-state index contributed by atoms with van der Waals surface area (Å²) in [5.74, 6) is 2.24. The van der Waals surface area contributed by atoms with Crippen molar-refractivity contribution >= 4 is 5.95 Å². The summed E-state index contributed by atoms with van der Waals surface area (Å²) in [7, 11) is 3.77. The Balaban J connectivity index is 1.38. The molecule has 3 aromatic rings. The second-order valence-corrected chi connectivity index (χ2v) is 9.38. The molecule has 2 aromatic heterocycles. The van der Waals surface area contributed by atoms with E-state index in [0.29, 0.717) is 5.92 Å². The molecule has 7 heteroatoms. The number of rotatable bonds is 6. The summed E-state index contributed by atoms with van der Waals surface area (Å²) < 4.78 is 7.64. The molecule has 0 radical (unpaired) electrons. The summed E-state index contributed by atoms with van der Waals surface area (Å²) in [6.45, 7) is 7.19. The lowest BCUT2D eigenvalue weighted by Crippen LogP contribution is -2.34. The van der Waals surface area contributed by atoms with E-state index >= 15 is 0 Å². The number of likely N-dealkylation sites (tertiary alicyclic amines) is 1. The van der Waals surface area contributed by atoms with Gasteiger partial charge in [-0.05, 0) is 50.8 Å². The van der Waals surface area contributed by atoms with Crippen LogP contribution in [0.25, 0.3) is 11.3 Å². The average molecular weight is 447 g/mol. The molecular weight excluding hydrogens is 412 g/mol. The number of hydrogen-bond acceptors (Lipinski definition) is 6. The fourth-order valence-corrected chi connectivity index (χ4v) is 5.37. The predicted molar refractivity (Wildman–Crippen MR) is 131 cm³/mol. The molecular formula is C26H34N6O. The molecule has 1 atom stereocenters. The molecule has 0 aliphatic carbocycles. The van der Waals surface area contributed by atoms with Crippen molar-refractivity contribution in [1.82, 2.24) is 24.6 Å². The fourth-order valence-electron chi connectivity index (χ4n) is 5.37. The topological polar surface area (TPSA) is 59.3 Å². The van der Waals surface area contributed by atoms with Gasteiger partial charge in [0, 0.05) is 62.7 Å². The van der Waals surface area contributed by atoms with Gasteiger partial charge in [-0.2, -0.15) is 5.10 Å². The van der Waals surface area contributed by atoms with Crippen molar-refractivity contribution in [3.05, 3.63) is 53.5 Å². The first-order valence-electron chi connectivity index (χ1n) is 12.1. The van der Waals surface area contributed by atoms with E-state index in [1.165, 1.54) is 24.0 Å². The molecule has 0 spiro atoms. The van der Waals surface area contributed by atoms with Gasteiger partial charge >= 0.3 is 0 Å². The van der Waals surface area contributed by atoms with Crippen LogP contribution in [0, 0.1) is 6.92 Å². The number of piperidine rings is 1. The monoisotopic (exact) mass is 446 g/mol. The van der Waals surface area contributed by atoms with Crippen molar-refractivity contribution in [2.24, 2.45) is 7.05 Å². The smallest absolute Gasteiger partial charge is 0.225 e. The van der Waals surface area contributed by atoms with Gasteiger partial charge in [0.05, 0.1) is 18.5 Å². The van der Waals surface area contributed by atoms with E-state index in [1.807, 2.05) is 24.0 Å². The predicted octanol–water partition coefficient (Wildman–Crippen LogP) is 4.17. The number of anilines is 1. The highest BCUT2D eigenvalue weighted by atomic mass is 16.5. The Morgan fingerprint density at radius 1 is 1.09 bits per heavy atom. The highest BCUT2D eigenvalue weighted by molar-refractivity contribution is 5.63. The zero-order chi connectivity index (χ0) is 22.8. The SMILES string of the molecule is COc1c(C)cccc1CN1CCC[C@@H](c2nn(C)cc2-c2ccnc(N3CCCC3)n2)C1. The van der Waals surface area contributed by atoms with Crippen LogP contribution in [0.3, 0.4) is 0 Å². The second-order valence-electron chi connectivity index (χ2n) is 9.38. The van der Waals surface area contributed by atoms with Crippen LogP contribution in [-0.2, 0) is 13.6 Å². The molecule has 0 amide bonds. The first-order valence-corrected chi connectivity index (χ1v) is 12.1. The third-order valence-corrected chi connectivity index (χ3v) is 6.95. The molecule has 0 bridgehead atoms. The van der Waals surface area contributed by atoms with Gasteiger partial charge in [0.25, 0.3) is 0 Å². The lowest BCUT2D eigenvalue weighted by atomic mass is 9.91. The second kappa shape index (κ2) is 9.51. The Kier molecular flexibility index (Phi) is 6.31. The molecule has 0 unspecified atom stereocenters. The molecule has 4 heterocycles. The molecule has 2 fully saturated rings. The largest absolute Gasteiger partial charge is 0.496 e. The van der Waals surface area contributed by atoms with Crippen molar-refractivity contribution in [3.8, 4) is 17.0 Å². The van der Waals surface area contributed by atoms with Gasteiger partial charge in [-0.1, -0.05) is 18.2 Å². The summed E-state index contributed by atoms with van der Waals surface area (Å²) in [6.07, 6.45) is 8.76. The molecule has 1 aromatic carbocycles. The van der Waals surface area contributed by atoms with Gasteiger partial charge in [-0.3, -0.25) is 9.58 Å². The number of hydrogen-bond donors (Lipinski definition) is 0. The molecule has 7 nitrogen and oxygen atoms in total. The Morgan fingerprint density at radius 3 is 2.76 bits per heavy atom. The van der Waals surface area contributed by atoms with Gasteiger partial charge in [0.2, 0.25) is 5.95 Å². The van der Waals surface area contributed by atoms with Gasteiger partial charge < -0.3 is 9.64 Å². The van der Waals surface area contributed by atoms with E-state index in [9.17, 15) is 0 Å². The van der Waals surface area contributed by atoms with Gasteiger partial charge in [0.1, 0.15) is 5.75 Å². The Morgan fingerprint density at radius 2 is 1.94 bits per heavy atom. The first-order chi connectivity index (χ1) is 16.1. The highest BCUT2D eigenvalue weighted by Gasteiger charge is 2.28. The zero-order valence-electron chi connectivity index (χ0n) is 20.0. The minimum absolute atomic E-state index is 0.385. The molecule has 174 valence electrons. The maximum atomic E-state index is 5.70. The number of ether oxygens (including phenoxy) is 1. The minimum Gasteiger partial charge on any atom is -0.496 e. The number of methoxy groups -OCH3 is 1. The lowest BCUT2D eigenvalue weighted by molar-refractivity contribution is 0.196. The zero-order valence-corrected chi connectivity index (χ0v) is 20.0. The number of nitrogens with zero attached hydrogens (tertiary/aromatic N) is 6. The van der Waals surface area contributed by atoms with E-state index in [2.05, 4.69) is 46.1 Å². The summed E-state index contributed by atoms with van der Waals surface area (Å²) in [4.78, 5) is 14.3. The number of para-hydroxylation sites is 1. The van der Waals surface area contributed by atoms with Crippen LogP contribution in [0.4, 0.5) is 5.95 Å². The van der Waals surface area contributed by atoms with Crippen molar-refractivity contribution in [3.63, 3.8) is 0 Å². The molecule has 2 saturated heterocycles. The van der Waals surface area contributed by atoms with Crippen LogP contribution in [0.1, 0.15) is 48.4 Å². The quantitative estimate of drug-likeness (QED) is 0.566. The molecule has 0 N–H and O–H groups in total. The van der Waals surface area contributed by atoms with Crippen LogP contribution in [0.2, 0.25) is 0 Å². The standard InChI is InChI=1S/C26H34N6O/c1-19-8-6-9-21(25(19)33-3)17-31-13-7-10-20(16-31)24-22(18-30(2)29-24)23-11-12-27-26(28-23)32-14-4-5-15-32/h6,8-9,11-12,18,20H,4-5,7,10,13-17H2,1-3H3/t20-/m1/s1. The van der Waals surface area contributed by atoms with Crippen LogP contribution in [0.15, 0.2) is 36.7 Å². The van der Waals surface area contributed by atoms with Gasteiger partial charge in [-0.25, -0.2) is 9.97 Å². The summed E-state index contributed by atoms with van der Waals surface area (Å²) in [5.41, 5.74) is 5.72. The maximum absolute atomic E-state index is 5.70. The van der Waals surface area contributed by atoms with E-state index < -0.39 is 0 Å². The van der Waals surface area contributed by atoms with E-state index in [-0.39, 0.29) is 0 Å². The Labute approximate surface area is 196 Å². The normalized spacial score (nSPS) is 19.2. The third kappa shape index (κ3) is 4.60. The van der Waals surface area contributed by atoms with Gasteiger partial charge in [0.15, 0.2) is 0 Å². The third-order valence-electron chi connectivity index (χ3n) is 6.95. The van der Waals surface area contributed by atoms with E-state index in [4.69, 9.17) is 14.8 Å². The van der Waals surface area contributed by atoms with Crippen molar-refractivity contribution in [2.75, 3.05) is 38.2 Å². The highest BCUT2D eigenvalue weighted by Crippen LogP contribution is 2.34. The molecule has 0 saturated carbocycles. The first kappa shape index (κ1) is 21.9. The lowest BCUT2D eigenvalue weighted by Gasteiger charge is -2.32. The van der Waals surface area contributed by atoms with Crippen molar-refractivity contribution in [1.29, 1.82) is 0 Å². The maximum Gasteiger partial charge on any atom is 0.225 e. The summed E-state index contributed by atoms with van der Waals surface area (Å²) in [6, 6.07) is 8.44. The van der Waals surface area contributed by atoms with Crippen molar-refractivity contribution in [2.45, 2.75) is 45.1 Å². The Hall–Kier alpha value is -2.93. The van der Waals surface area contributed by atoms with Crippen LogP contribution in [0.5, 0.6) is 5.75 Å². The van der Waals surface area contributed by atoms with Crippen LogP contribution >= 0.6 is 0 Å². The molecule has 5 rings (SSSR count). The van der Waals surface area contributed by atoms with E-state index in [0.717, 1.165) is 74.2 Å². The number of aromatic nitrogens is 4. The van der Waals surface area contributed by atoms with Crippen LogP contribution in [-0.4, -0.2) is 57.9 Å². The summed E-state index contributed by atoms with van der Waals surface area (Å²) >= 11 is 0. The minimum atomic E-state index is 0.385. The summed E-state index contributed by atoms with van der Waals surface area (Å²) in [5, 5.41) is 4.92. The van der Waals surface area contributed by atoms with E-state index in [1.54, 1.807) is 7.11 Å². The fraction of sp³-hybridized carbons (Fsp3) is 0.500. The Bertz CT molecular complexity index is 1100. The van der Waals surface area contributed by atoms with Crippen LogP contribution < -0.4 is 9.64 Å². The number of benzene rings is 1. The number of aryl methyl sites for hydroxylation is 2. The molecule has 2 aliphatic rings. The van der Waals surface area contributed by atoms with Crippen molar-refractivity contribution < 1.29 is 4.74 Å². The molecule has 2 aliphatic heterocycles. The van der Waals surface area contributed by atoms with Gasteiger partial charge in [-0.15, -0.1) is 0 Å².